The molecule has 0 spiro atoms. The van der Waals surface area contributed by atoms with Gasteiger partial charge in [0.2, 0.25) is 0 Å². The van der Waals surface area contributed by atoms with Crippen molar-refractivity contribution in [3.8, 4) is 0 Å². The first-order chi connectivity index (χ1) is 9.25. The van der Waals surface area contributed by atoms with E-state index in [4.69, 9.17) is 5.11 Å². The van der Waals surface area contributed by atoms with Gasteiger partial charge in [0.15, 0.2) is 0 Å². The van der Waals surface area contributed by atoms with Gasteiger partial charge in [-0.15, -0.1) is 0 Å². The molecule has 0 bridgehead atoms. The first-order valence-electron chi connectivity index (χ1n) is 7.01. The lowest BCUT2D eigenvalue weighted by Crippen LogP contribution is -2.42. The van der Waals surface area contributed by atoms with Crippen molar-refractivity contribution in [2.45, 2.75) is 31.7 Å². The molecule has 0 aromatic heterocycles. The lowest BCUT2D eigenvalue weighted by molar-refractivity contribution is -0.137. The largest absolute Gasteiger partial charge is 0.481 e. The second kappa shape index (κ2) is 7.14. The standard InChI is InChI=1S/C15H22N2O2/c18-15(19)7-4-10-16-13-8-11-17(12-9-13)14-5-2-1-3-6-14/h1-3,5-6,13,16H,4,7-12H2,(H,18,19). The summed E-state index contributed by atoms with van der Waals surface area (Å²) in [4.78, 5) is 12.8. The molecule has 4 nitrogen and oxygen atoms in total. The molecule has 2 rings (SSSR count). The SMILES string of the molecule is O=C(O)CCCNC1CCN(c2ccccc2)CC1. The second-order valence-corrected chi connectivity index (χ2v) is 5.05. The molecule has 104 valence electrons. The number of rotatable bonds is 6. The third-order valence-electron chi connectivity index (χ3n) is 3.62. The van der Waals surface area contributed by atoms with Crippen LogP contribution >= 0.6 is 0 Å². The first kappa shape index (κ1) is 13.9. The molecule has 1 fully saturated rings. The van der Waals surface area contributed by atoms with Gasteiger partial charge in [-0.05, 0) is 37.9 Å². The lowest BCUT2D eigenvalue weighted by Gasteiger charge is -2.34. The Morgan fingerprint density at radius 2 is 1.95 bits per heavy atom. The third-order valence-corrected chi connectivity index (χ3v) is 3.62. The fraction of sp³-hybridized carbons (Fsp3) is 0.533. The Kier molecular flexibility index (Phi) is 5.21. The fourth-order valence-electron chi connectivity index (χ4n) is 2.53. The van der Waals surface area contributed by atoms with E-state index in [0.29, 0.717) is 12.5 Å². The molecule has 1 aromatic carbocycles. The highest BCUT2D eigenvalue weighted by molar-refractivity contribution is 5.66. The van der Waals surface area contributed by atoms with Crippen LogP contribution in [0.5, 0.6) is 0 Å². The number of carbonyl (C=O) groups is 1. The number of para-hydroxylation sites is 1. The van der Waals surface area contributed by atoms with Crippen molar-refractivity contribution in [3.05, 3.63) is 30.3 Å². The number of piperidine rings is 1. The van der Waals surface area contributed by atoms with E-state index in [9.17, 15) is 4.79 Å². The number of hydrogen-bond acceptors (Lipinski definition) is 3. The monoisotopic (exact) mass is 262 g/mol. The summed E-state index contributed by atoms with van der Waals surface area (Å²) in [5.41, 5.74) is 1.30. The highest BCUT2D eigenvalue weighted by Gasteiger charge is 2.18. The van der Waals surface area contributed by atoms with E-state index >= 15 is 0 Å². The van der Waals surface area contributed by atoms with E-state index in [-0.39, 0.29) is 6.42 Å². The number of carboxylic acids is 1. The maximum absolute atomic E-state index is 10.4. The van der Waals surface area contributed by atoms with Gasteiger partial charge in [-0.1, -0.05) is 18.2 Å². The smallest absolute Gasteiger partial charge is 0.303 e. The minimum absolute atomic E-state index is 0.260. The maximum atomic E-state index is 10.4. The van der Waals surface area contributed by atoms with Crippen LogP contribution in [0.25, 0.3) is 0 Å². The van der Waals surface area contributed by atoms with Crippen molar-refractivity contribution in [2.24, 2.45) is 0 Å². The van der Waals surface area contributed by atoms with Gasteiger partial charge < -0.3 is 15.3 Å². The molecule has 0 radical (unpaired) electrons. The summed E-state index contributed by atoms with van der Waals surface area (Å²) in [5, 5.41) is 12.0. The van der Waals surface area contributed by atoms with Crippen LogP contribution in [0.2, 0.25) is 0 Å². The Bertz CT molecular complexity index is 386. The Balaban J connectivity index is 1.67. The zero-order chi connectivity index (χ0) is 13.5. The van der Waals surface area contributed by atoms with Crippen molar-refractivity contribution in [1.29, 1.82) is 0 Å². The van der Waals surface area contributed by atoms with Crippen LogP contribution in [0.1, 0.15) is 25.7 Å². The van der Waals surface area contributed by atoms with Crippen LogP contribution in [0.4, 0.5) is 5.69 Å². The summed E-state index contributed by atoms with van der Waals surface area (Å²) >= 11 is 0. The van der Waals surface area contributed by atoms with E-state index in [1.165, 1.54) is 5.69 Å². The Morgan fingerprint density at radius 3 is 2.58 bits per heavy atom. The predicted octanol–water partition coefficient (Wildman–Crippen LogP) is 2.11. The van der Waals surface area contributed by atoms with Crippen LogP contribution in [-0.2, 0) is 4.79 Å². The molecule has 0 aliphatic carbocycles. The summed E-state index contributed by atoms with van der Waals surface area (Å²) in [6, 6.07) is 11.0. The predicted molar refractivity (Wildman–Crippen MR) is 76.5 cm³/mol. The van der Waals surface area contributed by atoms with Gasteiger partial charge in [-0.25, -0.2) is 0 Å². The van der Waals surface area contributed by atoms with Crippen molar-refractivity contribution in [2.75, 3.05) is 24.5 Å². The topological polar surface area (TPSA) is 52.6 Å². The normalized spacial score (nSPS) is 16.5. The number of hydrogen-bond donors (Lipinski definition) is 2. The molecule has 0 amide bonds. The minimum atomic E-state index is -0.708. The van der Waals surface area contributed by atoms with E-state index in [1.807, 2.05) is 6.07 Å². The van der Waals surface area contributed by atoms with Gasteiger partial charge in [-0.3, -0.25) is 4.79 Å². The van der Waals surface area contributed by atoms with E-state index in [2.05, 4.69) is 34.5 Å². The summed E-state index contributed by atoms with van der Waals surface area (Å²) in [6.07, 6.45) is 3.23. The molecule has 1 aromatic rings. The number of nitrogens with zero attached hydrogens (tertiary/aromatic N) is 1. The number of nitrogens with one attached hydrogen (secondary N) is 1. The number of carboxylic acid groups (broad SMARTS) is 1. The van der Waals surface area contributed by atoms with E-state index < -0.39 is 5.97 Å². The average molecular weight is 262 g/mol. The Morgan fingerprint density at radius 1 is 1.26 bits per heavy atom. The van der Waals surface area contributed by atoms with Gasteiger partial charge in [0.25, 0.3) is 0 Å². The summed E-state index contributed by atoms with van der Waals surface area (Å²) < 4.78 is 0. The van der Waals surface area contributed by atoms with Crippen molar-refractivity contribution in [3.63, 3.8) is 0 Å². The molecule has 0 atom stereocenters. The van der Waals surface area contributed by atoms with Crippen LogP contribution in [0, 0.1) is 0 Å². The molecule has 1 saturated heterocycles. The number of anilines is 1. The minimum Gasteiger partial charge on any atom is -0.481 e. The molecule has 19 heavy (non-hydrogen) atoms. The second-order valence-electron chi connectivity index (χ2n) is 5.05. The molecule has 1 aliphatic rings. The summed E-state index contributed by atoms with van der Waals surface area (Å²) in [6.45, 7) is 2.95. The average Bonchev–Trinajstić information content (AvgIpc) is 2.45. The van der Waals surface area contributed by atoms with Crippen molar-refractivity contribution in [1.82, 2.24) is 5.32 Å². The number of benzene rings is 1. The fourth-order valence-corrected chi connectivity index (χ4v) is 2.53. The zero-order valence-electron chi connectivity index (χ0n) is 11.2. The summed E-state index contributed by atoms with van der Waals surface area (Å²) in [7, 11) is 0. The molecule has 0 unspecified atom stereocenters. The maximum Gasteiger partial charge on any atom is 0.303 e. The van der Waals surface area contributed by atoms with Crippen LogP contribution in [-0.4, -0.2) is 36.8 Å². The van der Waals surface area contributed by atoms with Crippen LogP contribution in [0.15, 0.2) is 30.3 Å². The molecule has 4 heteroatoms. The van der Waals surface area contributed by atoms with E-state index in [0.717, 1.165) is 32.5 Å². The zero-order valence-corrected chi connectivity index (χ0v) is 11.2. The lowest BCUT2D eigenvalue weighted by atomic mass is 10.0. The molecular formula is C15H22N2O2. The number of aliphatic carboxylic acids is 1. The molecule has 2 N–H and O–H groups in total. The molecule has 1 aliphatic heterocycles. The van der Waals surface area contributed by atoms with Crippen molar-refractivity contribution >= 4 is 11.7 Å². The van der Waals surface area contributed by atoms with Gasteiger partial charge in [0.1, 0.15) is 0 Å². The van der Waals surface area contributed by atoms with Crippen LogP contribution < -0.4 is 10.2 Å². The molecule has 1 heterocycles. The highest BCUT2D eigenvalue weighted by atomic mass is 16.4. The van der Waals surface area contributed by atoms with Gasteiger partial charge >= 0.3 is 5.97 Å². The molecular weight excluding hydrogens is 240 g/mol. The third kappa shape index (κ3) is 4.56. The first-order valence-corrected chi connectivity index (χ1v) is 7.01. The summed E-state index contributed by atoms with van der Waals surface area (Å²) in [5.74, 6) is -0.708. The van der Waals surface area contributed by atoms with E-state index in [1.54, 1.807) is 0 Å². The van der Waals surface area contributed by atoms with Gasteiger partial charge in [0, 0.05) is 31.2 Å². The highest BCUT2D eigenvalue weighted by Crippen LogP contribution is 2.19. The van der Waals surface area contributed by atoms with Crippen LogP contribution in [0.3, 0.4) is 0 Å². The van der Waals surface area contributed by atoms with Crippen molar-refractivity contribution < 1.29 is 9.90 Å². The van der Waals surface area contributed by atoms with Gasteiger partial charge in [-0.2, -0.15) is 0 Å². The Hall–Kier alpha value is -1.55. The quantitative estimate of drug-likeness (QED) is 0.771. The molecule has 0 saturated carbocycles. The van der Waals surface area contributed by atoms with Gasteiger partial charge in [0.05, 0.1) is 0 Å². The Labute approximate surface area is 114 Å².